The maximum Gasteiger partial charge on any atom is 0 e. The quantitative estimate of drug-likeness (QED) is 0.451. The van der Waals surface area contributed by atoms with Crippen LogP contribution in [-0.2, 0) is 21.7 Å². The topological polar surface area (TPSA) is 14.1 Å². The van der Waals surface area contributed by atoms with E-state index in [0.29, 0.717) is 0 Å². The Kier molecular flexibility index (Phi) is 3.19. The minimum absolute atomic E-state index is 0. The van der Waals surface area contributed by atoms with Gasteiger partial charge in [-0.15, -0.1) is 0 Å². The summed E-state index contributed by atoms with van der Waals surface area (Å²) in [6.07, 6.45) is 3.50. The molecule has 0 amide bonds. The Labute approximate surface area is 51.6 Å². The monoisotopic (exact) mass is 114 g/mol. The first-order chi connectivity index (χ1) is 2.50. The Balaban J connectivity index is 0.000000250. The van der Waals surface area contributed by atoms with Gasteiger partial charge in [0.15, 0.2) is 0 Å². The molecule has 0 saturated carbocycles. The van der Waals surface area contributed by atoms with Gasteiger partial charge in [0.25, 0.3) is 0 Å². The number of aromatic nitrogens is 1. The van der Waals surface area contributed by atoms with Crippen LogP contribution in [0, 0.1) is 0 Å². The van der Waals surface area contributed by atoms with E-state index in [2.05, 4.69) is 4.98 Å². The summed E-state index contributed by atoms with van der Waals surface area (Å²) in [5, 5.41) is 0. The summed E-state index contributed by atoms with van der Waals surface area (Å²) in [5.41, 5.74) is 0. The van der Waals surface area contributed by atoms with Crippen LogP contribution >= 0.6 is 0 Å². The van der Waals surface area contributed by atoms with E-state index in [9.17, 15) is 0 Å². The van der Waals surface area contributed by atoms with Gasteiger partial charge in [-0.1, -0.05) is 12.1 Å². The molecule has 6 heavy (non-hydrogen) atoms. The number of nitrogens with zero attached hydrogens (tertiary/aromatic N) is 1. The fraction of sp³-hybridized carbons (Fsp3) is 0. The van der Waals surface area contributed by atoms with E-state index in [4.69, 9.17) is 0 Å². The molecule has 0 atom stereocenters. The molecular weight excluding hydrogens is 110 g/mol. The first kappa shape index (κ1) is 5.99. The minimum Gasteiger partial charge on any atom is -0.670 e. The van der Waals surface area contributed by atoms with E-state index in [0.717, 1.165) is 0 Å². The van der Waals surface area contributed by atoms with Crippen LogP contribution in [0.3, 0.4) is 0 Å². The van der Waals surface area contributed by atoms with E-state index < -0.39 is 0 Å². The van der Waals surface area contributed by atoms with Crippen molar-refractivity contribution in [2.75, 3.05) is 0 Å². The van der Waals surface area contributed by atoms with Crippen molar-refractivity contribution < 1.29 is 21.7 Å². The molecule has 0 unspecified atom stereocenters. The first-order valence-corrected chi connectivity index (χ1v) is 1.52. The first-order valence-electron chi connectivity index (χ1n) is 1.52. The van der Waals surface area contributed by atoms with Crippen molar-refractivity contribution in [3.63, 3.8) is 0 Å². The molecule has 1 aromatic rings. The molecule has 30 valence electrons. The molecular formula is C4H4NTi-. The van der Waals surface area contributed by atoms with Crippen molar-refractivity contribution in [1.29, 1.82) is 0 Å². The second kappa shape index (κ2) is 3.19. The number of rotatable bonds is 0. The van der Waals surface area contributed by atoms with Crippen LogP contribution in [0.1, 0.15) is 0 Å². The van der Waals surface area contributed by atoms with Gasteiger partial charge in [0, 0.05) is 21.7 Å². The molecule has 2 heteroatoms. The summed E-state index contributed by atoms with van der Waals surface area (Å²) in [4.78, 5) is 3.72. The van der Waals surface area contributed by atoms with Gasteiger partial charge in [-0.2, -0.15) is 12.4 Å². The predicted octanol–water partition coefficient (Wildman–Crippen LogP) is 0.641. The van der Waals surface area contributed by atoms with Crippen molar-refractivity contribution in [2.45, 2.75) is 0 Å². The summed E-state index contributed by atoms with van der Waals surface area (Å²) >= 11 is 0. The maximum absolute atomic E-state index is 3.72. The third kappa shape index (κ3) is 1.44. The van der Waals surface area contributed by atoms with Gasteiger partial charge < -0.3 is 4.98 Å². The average Bonchev–Trinajstić information content (AvgIpc) is 1.76. The molecule has 0 aliphatic carbocycles. The van der Waals surface area contributed by atoms with Gasteiger partial charge in [0.05, 0.1) is 0 Å². The van der Waals surface area contributed by atoms with Crippen molar-refractivity contribution in [3.8, 4) is 0 Å². The van der Waals surface area contributed by atoms with E-state index in [-0.39, 0.29) is 21.7 Å². The van der Waals surface area contributed by atoms with E-state index in [1.54, 1.807) is 12.4 Å². The van der Waals surface area contributed by atoms with E-state index in [1.165, 1.54) is 0 Å². The number of hydrogen-bond acceptors (Lipinski definition) is 0. The second-order valence-electron chi connectivity index (χ2n) is 0.832. The smallest absolute Gasteiger partial charge is 0 e. The molecule has 0 N–H and O–H groups in total. The second-order valence-corrected chi connectivity index (χ2v) is 0.832. The molecule has 0 aliphatic heterocycles. The molecule has 0 spiro atoms. The largest absolute Gasteiger partial charge is 0.670 e. The van der Waals surface area contributed by atoms with Crippen LogP contribution in [0.15, 0.2) is 24.5 Å². The zero-order valence-electron chi connectivity index (χ0n) is 3.26. The van der Waals surface area contributed by atoms with Crippen molar-refractivity contribution in [1.82, 2.24) is 4.98 Å². The zero-order chi connectivity index (χ0) is 3.54. The summed E-state index contributed by atoms with van der Waals surface area (Å²) in [5.74, 6) is 0. The van der Waals surface area contributed by atoms with Gasteiger partial charge in [0.2, 0.25) is 0 Å². The third-order valence-corrected chi connectivity index (χ3v) is 0.455. The molecule has 1 heterocycles. The van der Waals surface area contributed by atoms with Crippen LogP contribution < -0.4 is 4.98 Å². The predicted molar refractivity (Wildman–Crippen MR) is 19.8 cm³/mol. The molecule has 0 radical (unpaired) electrons. The van der Waals surface area contributed by atoms with Gasteiger partial charge >= 0.3 is 0 Å². The number of hydrogen-bond donors (Lipinski definition) is 0. The van der Waals surface area contributed by atoms with Crippen molar-refractivity contribution in [3.05, 3.63) is 24.5 Å². The minimum atomic E-state index is 0. The van der Waals surface area contributed by atoms with Crippen molar-refractivity contribution in [2.24, 2.45) is 0 Å². The average molecular weight is 114 g/mol. The van der Waals surface area contributed by atoms with E-state index in [1.807, 2.05) is 12.1 Å². The zero-order valence-corrected chi connectivity index (χ0v) is 4.82. The SMILES string of the molecule is [Ti].c1cc[n-]c1. The third-order valence-electron chi connectivity index (χ3n) is 0.455. The Bertz CT molecular complexity index is 64.0. The van der Waals surface area contributed by atoms with Crippen molar-refractivity contribution >= 4 is 0 Å². The van der Waals surface area contributed by atoms with Crippen LogP contribution in [0.25, 0.3) is 0 Å². The Hall–Kier alpha value is -0.00571. The van der Waals surface area contributed by atoms with Crippen LogP contribution in [0.5, 0.6) is 0 Å². The molecule has 0 bridgehead atoms. The summed E-state index contributed by atoms with van der Waals surface area (Å²) in [7, 11) is 0. The van der Waals surface area contributed by atoms with Gasteiger partial charge in [0.1, 0.15) is 0 Å². The Morgan fingerprint density at radius 1 is 1.00 bits per heavy atom. The summed E-state index contributed by atoms with van der Waals surface area (Å²) in [6.45, 7) is 0. The van der Waals surface area contributed by atoms with Crippen LogP contribution in [-0.4, -0.2) is 0 Å². The molecule has 0 saturated heterocycles. The Morgan fingerprint density at radius 2 is 1.50 bits per heavy atom. The molecule has 1 nitrogen and oxygen atoms in total. The van der Waals surface area contributed by atoms with Gasteiger partial charge in [-0.25, -0.2) is 0 Å². The van der Waals surface area contributed by atoms with Crippen LogP contribution in [0.2, 0.25) is 0 Å². The molecule has 1 aromatic heterocycles. The Morgan fingerprint density at radius 3 is 1.67 bits per heavy atom. The standard InChI is InChI=1S/C4H4N.Ti/c1-2-4-5-3-1;/h1-4H;/q-1;. The van der Waals surface area contributed by atoms with Crippen LogP contribution in [0.4, 0.5) is 0 Å². The summed E-state index contributed by atoms with van der Waals surface area (Å²) in [6, 6.07) is 3.78. The van der Waals surface area contributed by atoms with E-state index >= 15 is 0 Å². The van der Waals surface area contributed by atoms with Gasteiger partial charge in [-0.05, 0) is 0 Å². The fourth-order valence-corrected chi connectivity index (χ4v) is 0.248. The normalized spacial score (nSPS) is 6.67. The molecule has 0 aliphatic rings. The maximum atomic E-state index is 3.72. The summed E-state index contributed by atoms with van der Waals surface area (Å²) < 4.78 is 0. The molecule has 1 rings (SSSR count). The fourth-order valence-electron chi connectivity index (χ4n) is 0.248. The van der Waals surface area contributed by atoms with Gasteiger partial charge in [-0.3, -0.25) is 0 Å². The molecule has 0 aromatic carbocycles. The molecule has 0 fully saturated rings.